The second kappa shape index (κ2) is 19.6. The zero-order valence-electron chi connectivity index (χ0n) is 27.1. The van der Waals surface area contributed by atoms with E-state index in [0.29, 0.717) is 5.92 Å². The number of unbranched alkanes of at least 4 members (excludes halogenated alkanes) is 1. The summed E-state index contributed by atoms with van der Waals surface area (Å²) in [5.74, 6) is 1.38. The molecule has 244 valence electrons. The fourth-order valence-corrected chi connectivity index (χ4v) is 6.32. The number of rotatable bonds is 13. The van der Waals surface area contributed by atoms with E-state index in [9.17, 15) is 5.41 Å². The lowest BCUT2D eigenvalue weighted by Crippen LogP contribution is -2.41. The van der Waals surface area contributed by atoms with E-state index in [1.807, 2.05) is 6.08 Å². The Balaban J connectivity index is 0.00000109. The van der Waals surface area contributed by atoms with Crippen molar-refractivity contribution in [2.24, 2.45) is 17.6 Å². The minimum absolute atomic E-state index is 0.155. The van der Waals surface area contributed by atoms with Crippen molar-refractivity contribution in [1.29, 1.82) is 10.8 Å². The second-order valence-electron chi connectivity index (χ2n) is 11.4. The first-order chi connectivity index (χ1) is 22.6. The molecule has 1 aliphatic heterocycles. The normalized spacial score (nSPS) is 13.7. The van der Waals surface area contributed by atoms with Gasteiger partial charge in [-0.15, -0.1) is 0 Å². The van der Waals surface area contributed by atoms with E-state index in [1.165, 1.54) is 33.2 Å². The maximum atomic E-state index is 9.67. The molecule has 1 fully saturated rings. The van der Waals surface area contributed by atoms with Gasteiger partial charge in [0.2, 0.25) is 6.41 Å². The van der Waals surface area contributed by atoms with Crippen molar-refractivity contribution in [3.05, 3.63) is 108 Å². The highest BCUT2D eigenvalue weighted by atomic mass is 16.5. The maximum Gasteiger partial charge on any atom is 0.204 e. The molecule has 0 unspecified atom stereocenters. The van der Waals surface area contributed by atoms with Gasteiger partial charge in [-0.05, 0) is 86.9 Å². The number of aromatic nitrogens is 2. The summed E-state index contributed by atoms with van der Waals surface area (Å²) in [7, 11) is 0. The number of para-hydroxylation sites is 1. The summed E-state index contributed by atoms with van der Waals surface area (Å²) < 4.78 is 5.75. The molecule has 1 saturated heterocycles. The lowest BCUT2D eigenvalue weighted by molar-refractivity contribution is -0.106. The van der Waals surface area contributed by atoms with E-state index in [2.05, 4.69) is 120 Å². The van der Waals surface area contributed by atoms with Gasteiger partial charge >= 0.3 is 0 Å². The highest BCUT2D eigenvalue weighted by Gasteiger charge is 2.31. The third-order valence-electron chi connectivity index (χ3n) is 8.56. The number of allylic oxidation sites excluding steroid dienone is 1. The Kier molecular flexibility index (Phi) is 15.3. The standard InChI is InChI=1S/C36H44N4O.CH3NO.CH3N/c1-3-12-31-29(24-38-34(31)4-2)15-10-11-20-40(26-27-13-6-5-7-14-27)36(37)33(28-18-21-41-22-19-28)23-30-25-39-35-17-9-8-16-32(30)35;2-1-3;1-2/h3-9,12-14,16-17,24-25,28,33,37-39H,2,10-11,15,18-23,26H2,1H3;1H,(H2,2,3);2H,1H2/b12-3-,37-36?;;/t33-;;/m0../s1. The van der Waals surface area contributed by atoms with E-state index in [4.69, 9.17) is 14.9 Å². The van der Waals surface area contributed by atoms with Gasteiger partial charge in [-0.2, -0.15) is 0 Å². The van der Waals surface area contributed by atoms with Crippen LogP contribution in [0.25, 0.3) is 23.1 Å². The van der Waals surface area contributed by atoms with Crippen molar-refractivity contribution in [3.63, 3.8) is 0 Å². The number of aromatic amines is 2. The zero-order valence-corrected chi connectivity index (χ0v) is 27.1. The summed E-state index contributed by atoms with van der Waals surface area (Å²) in [4.78, 5) is 17.8. The molecule has 0 bridgehead atoms. The van der Waals surface area contributed by atoms with Crippen LogP contribution >= 0.6 is 0 Å². The number of ether oxygens (including phenoxy) is 1. The number of H-pyrrole nitrogens is 2. The molecule has 1 aliphatic rings. The van der Waals surface area contributed by atoms with Crippen molar-refractivity contribution < 1.29 is 9.53 Å². The summed E-state index contributed by atoms with van der Waals surface area (Å²) >= 11 is 0. The number of aryl methyl sites for hydroxylation is 1. The predicted octanol–water partition coefficient (Wildman–Crippen LogP) is 7.63. The Bertz CT molecular complexity index is 1520. The summed E-state index contributed by atoms with van der Waals surface area (Å²) in [6.07, 6.45) is 16.7. The van der Waals surface area contributed by atoms with E-state index in [0.717, 1.165) is 76.4 Å². The van der Waals surface area contributed by atoms with Crippen LogP contribution in [0.15, 0.2) is 79.6 Å². The monoisotopic (exact) mass is 622 g/mol. The number of amidine groups is 1. The fourth-order valence-electron chi connectivity index (χ4n) is 6.32. The van der Waals surface area contributed by atoms with Gasteiger partial charge in [0.1, 0.15) is 0 Å². The number of amides is 1. The quantitative estimate of drug-likeness (QED) is 0.0454. The van der Waals surface area contributed by atoms with Crippen LogP contribution in [0.2, 0.25) is 0 Å². The number of fused-ring (bicyclic) bond motifs is 1. The van der Waals surface area contributed by atoms with Crippen LogP contribution in [0, 0.1) is 22.7 Å². The molecular formula is C38H50N6O2. The molecule has 0 aliphatic carbocycles. The van der Waals surface area contributed by atoms with Crippen molar-refractivity contribution in [3.8, 4) is 0 Å². The number of nitrogens with two attached hydrogens (primary N) is 1. The topological polar surface area (TPSA) is 135 Å². The molecule has 0 saturated carbocycles. The first-order valence-electron chi connectivity index (χ1n) is 16.1. The number of benzene rings is 2. The third kappa shape index (κ3) is 9.91. The molecule has 4 aromatic rings. The van der Waals surface area contributed by atoms with Gasteiger partial charge < -0.3 is 30.7 Å². The molecule has 6 N–H and O–H groups in total. The molecule has 1 amide bonds. The lowest BCUT2D eigenvalue weighted by Gasteiger charge is -2.36. The Hall–Kier alpha value is -4.69. The minimum atomic E-state index is 0.155. The summed E-state index contributed by atoms with van der Waals surface area (Å²) in [5, 5.41) is 16.4. The second-order valence-corrected chi connectivity index (χ2v) is 11.4. The minimum Gasteiger partial charge on any atom is -0.381 e. The molecule has 2 aromatic heterocycles. The number of hydrogen-bond donors (Lipinski definition) is 5. The Labute approximate surface area is 273 Å². The predicted molar refractivity (Wildman–Crippen MR) is 192 cm³/mol. The van der Waals surface area contributed by atoms with Gasteiger partial charge in [0.15, 0.2) is 0 Å². The van der Waals surface area contributed by atoms with Crippen LogP contribution in [0.1, 0.15) is 60.6 Å². The van der Waals surface area contributed by atoms with E-state index in [1.54, 1.807) is 0 Å². The van der Waals surface area contributed by atoms with E-state index >= 15 is 0 Å². The Morgan fingerprint density at radius 3 is 2.41 bits per heavy atom. The van der Waals surface area contributed by atoms with Crippen molar-refractivity contribution in [2.45, 2.75) is 52.0 Å². The molecule has 8 heteroatoms. The molecule has 3 heterocycles. The number of carbonyl (C=O) groups excluding carboxylic acids is 1. The van der Waals surface area contributed by atoms with Gasteiger partial charge in [0, 0.05) is 66.8 Å². The molecule has 1 atom stereocenters. The summed E-state index contributed by atoms with van der Waals surface area (Å²) in [6.45, 7) is 11.7. The van der Waals surface area contributed by atoms with Crippen LogP contribution in [0.3, 0.4) is 0 Å². The molecule has 0 radical (unpaired) electrons. The van der Waals surface area contributed by atoms with Crippen LogP contribution < -0.4 is 5.73 Å². The number of carbonyl (C=O) groups is 1. The fraction of sp³-hybridized carbons (Fsp3) is 0.342. The zero-order chi connectivity index (χ0) is 33.1. The highest BCUT2D eigenvalue weighted by molar-refractivity contribution is 5.86. The first-order valence-corrected chi connectivity index (χ1v) is 16.1. The lowest BCUT2D eigenvalue weighted by atomic mass is 9.80. The smallest absolute Gasteiger partial charge is 0.204 e. The van der Waals surface area contributed by atoms with Crippen LogP contribution in [-0.2, 0) is 28.9 Å². The van der Waals surface area contributed by atoms with Crippen molar-refractivity contribution in [1.82, 2.24) is 14.9 Å². The number of hydrogen-bond acceptors (Lipinski definition) is 4. The van der Waals surface area contributed by atoms with Crippen LogP contribution in [0.5, 0.6) is 0 Å². The Morgan fingerprint density at radius 1 is 1.04 bits per heavy atom. The molecule has 46 heavy (non-hydrogen) atoms. The number of nitrogens with one attached hydrogen (secondary N) is 4. The third-order valence-corrected chi connectivity index (χ3v) is 8.56. The Morgan fingerprint density at radius 2 is 1.72 bits per heavy atom. The van der Waals surface area contributed by atoms with Crippen molar-refractivity contribution >= 4 is 42.0 Å². The van der Waals surface area contributed by atoms with Gasteiger partial charge in [0.05, 0.1) is 5.84 Å². The highest BCUT2D eigenvalue weighted by Crippen LogP contribution is 2.32. The van der Waals surface area contributed by atoms with Crippen molar-refractivity contribution in [2.75, 3.05) is 19.8 Å². The number of nitrogens with zero attached hydrogens (tertiary/aromatic N) is 1. The largest absolute Gasteiger partial charge is 0.381 e. The van der Waals surface area contributed by atoms with Gasteiger partial charge in [0.25, 0.3) is 0 Å². The molecule has 2 aromatic carbocycles. The first kappa shape index (κ1) is 35.8. The average molecular weight is 623 g/mol. The SMILES string of the molecule is C=Cc1[nH]cc(CCCCN(Cc2ccccc2)C(=N)[C@@H](Cc2c[nH]c3ccccc23)C2CCOCC2)c1/C=C\C.C=N.NC=O. The van der Waals surface area contributed by atoms with Gasteiger partial charge in [-0.3, -0.25) is 10.2 Å². The summed E-state index contributed by atoms with van der Waals surface area (Å²) in [6, 6.07) is 19.2. The van der Waals surface area contributed by atoms with E-state index < -0.39 is 0 Å². The van der Waals surface area contributed by atoms with Crippen LogP contribution in [0.4, 0.5) is 0 Å². The van der Waals surface area contributed by atoms with Gasteiger partial charge in [-0.25, -0.2) is 0 Å². The average Bonchev–Trinajstić information content (AvgIpc) is 3.70. The molecule has 0 spiro atoms. The molecular weight excluding hydrogens is 572 g/mol. The van der Waals surface area contributed by atoms with Crippen LogP contribution in [-0.4, -0.2) is 53.6 Å². The molecule has 5 rings (SSSR count). The maximum absolute atomic E-state index is 9.67. The van der Waals surface area contributed by atoms with Gasteiger partial charge in [-0.1, -0.05) is 67.3 Å². The van der Waals surface area contributed by atoms with E-state index in [-0.39, 0.29) is 12.3 Å². The molecule has 8 nitrogen and oxygen atoms in total. The number of primary amides is 1. The summed E-state index contributed by atoms with van der Waals surface area (Å²) in [5.41, 5.74) is 11.6.